The van der Waals surface area contributed by atoms with Gasteiger partial charge in [0.2, 0.25) is 11.8 Å². The fraction of sp³-hybridized carbons (Fsp3) is 0.263. The number of anilines is 1. The number of aryl methyl sites for hydroxylation is 2. The number of rotatable bonds is 7. The second-order valence-electron chi connectivity index (χ2n) is 5.62. The summed E-state index contributed by atoms with van der Waals surface area (Å²) in [6, 6.07) is 9.64. The fourth-order valence-electron chi connectivity index (χ4n) is 2.48. The Balaban J connectivity index is 1.74. The van der Waals surface area contributed by atoms with E-state index in [4.69, 9.17) is 4.74 Å². The quantitative estimate of drug-likeness (QED) is 0.694. The van der Waals surface area contributed by atoms with Crippen LogP contribution in [0.25, 0.3) is 0 Å². The van der Waals surface area contributed by atoms with E-state index in [9.17, 15) is 4.39 Å². The molecule has 1 aromatic carbocycles. The summed E-state index contributed by atoms with van der Waals surface area (Å²) in [5.41, 5.74) is 2.65. The first-order valence-corrected chi connectivity index (χ1v) is 8.53. The van der Waals surface area contributed by atoms with Crippen molar-refractivity contribution in [3.63, 3.8) is 0 Å². The topological polar surface area (TPSA) is 72.8 Å². The summed E-state index contributed by atoms with van der Waals surface area (Å²) in [5.74, 6) is 0.892. The van der Waals surface area contributed by atoms with Crippen LogP contribution in [0, 0.1) is 5.82 Å². The van der Waals surface area contributed by atoms with Crippen molar-refractivity contribution in [2.75, 3.05) is 5.32 Å². The predicted molar refractivity (Wildman–Crippen MR) is 96.6 cm³/mol. The van der Waals surface area contributed by atoms with Gasteiger partial charge in [-0.2, -0.15) is 5.10 Å². The van der Waals surface area contributed by atoms with Gasteiger partial charge < -0.3 is 10.1 Å². The molecule has 0 radical (unpaired) electrons. The third kappa shape index (κ3) is 4.30. The Morgan fingerprint density at radius 3 is 2.65 bits per heavy atom. The van der Waals surface area contributed by atoms with Crippen LogP contribution in [0.3, 0.4) is 0 Å². The zero-order valence-electron chi connectivity index (χ0n) is 14.7. The van der Waals surface area contributed by atoms with E-state index < -0.39 is 0 Å². The van der Waals surface area contributed by atoms with E-state index in [0.29, 0.717) is 24.1 Å². The molecule has 0 amide bonds. The minimum absolute atomic E-state index is 0.360. The summed E-state index contributed by atoms with van der Waals surface area (Å²) in [6.45, 7) is 4.48. The summed E-state index contributed by atoms with van der Waals surface area (Å²) in [5, 5.41) is 11.5. The Morgan fingerprint density at radius 2 is 1.88 bits per heavy atom. The summed E-state index contributed by atoms with van der Waals surface area (Å²) >= 11 is 0. The highest BCUT2D eigenvalue weighted by molar-refractivity contribution is 5.35. The smallest absolute Gasteiger partial charge is 0.243 e. The molecular formula is C19H20FN5O. The van der Waals surface area contributed by atoms with E-state index in [0.717, 1.165) is 29.8 Å². The van der Waals surface area contributed by atoms with Crippen molar-refractivity contribution in [3.8, 4) is 11.6 Å². The summed E-state index contributed by atoms with van der Waals surface area (Å²) in [4.78, 5) is 8.74. The van der Waals surface area contributed by atoms with Crippen LogP contribution in [0.5, 0.6) is 11.6 Å². The average Bonchev–Trinajstić information content (AvgIpc) is 2.67. The normalized spacial score (nSPS) is 10.6. The zero-order chi connectivity index (χ0) is 18.4. The van der Waals surface area contributed by atoms with Crippen molar-refractivity contribution in [2.45, 2.75) is 33.2 Å². The van der Waals surface area contributed by atoms with Crippen LogP contribution in [0.1, 0.15) is 30.8 Å². The number of nitrogens with one attached hydrogen (secondary N) is 1. The van der Waals surface area contributed by atoms with Crippen LogP contribution in [-0.2, 0) is 19.4 Å². The Bertz CT molecular complexity index is 887. The molecule has 3 rings (SSSR count). The Labute approximate surface area is 151 Å². The minimum Gasteiger partial charge on any atom is -0.439 e. The monoisotopic (exact) mass is 353 g/mol. The minimum atomic E-state index is -0.360. The van der Waals surface area contributed by atoms with Gasteiger partial charge in [0.05, 0.1) is 11.4 Å². The molecule has 6 nitrogen and oxygen atoms in total. The molecule has 0 spiro atoms. The van der Waals surface area contributed by atoms with Crippen LogP contribution in [0.15, 0.2) is 42.6 Å². The SMILES string of the molecule is CCc1nnc(NCc2cccnc2Oc2cccc(F)c2)nc1CC. The zero-order valence-corrected chi connectivity index (χ0v) is 14.7. The second-order valence-corrected chi connectivity index (χ2v) is 5.62. The van der Waals surface area contributed by atoms with Crippen molar-refractivity contribution >= 4 is 5.95 Å². The summed E-state index contributed by atoms with van der Waals surface area (Å²) in [7, 11) is 0. The Morgan fingerprint density at radius 1 is 1.04 bits per heavy atom. The molecule has 26 heavy (non-hydrogen) atoms. The van der Waals surface area contributed by atoms with E-state index in [1.807, 2.05) is 26.0 Å². The van der Waals surface area contributed by atoms with Gasteiger partial charge in [-0.3, -0.25) is 0 Å². The molecular weight excluding hydrogens is 333 g/mol. The lowest BCUT2D eigenvalue weighted by Gasteiger charge is -2.11. The van der Waals surface area contributed by atoms with Crippen LogP contribution in [0.2, 0.25) is 0 Å². The highest BCUT2D eigenvalue weighted by atomic mass is 19.1. The Kier molecular flexibility index (Phi) is 5.68. The fourth-order valence-corrected chi connectivity index (χ4v) is 2.48. The first-order chi connectivity index (χ1) is 12.7. The predicted octanol–water partition coefficient (Wildman–Crippen LogP) is 3.93. The van der Waals surface area contributed by atoms with Gasteiger partial charge in [0.25, 0.3) is 0 Å². The molecule has 0 saturated heterocycles. The van der Waals surface area contributed by atoms with Gasteiger partial charge in [0, 0.05) is 24.4 Å². The lowest BCUT2D eigenvalue weighted by atomic mass is 10.2. The maximum absolute atomic E-state index is 13.3. The largest absolute Gasteiger partial charge is 0.439 e. The average molecular weight is 353 g/mol. The molecule has 0 saturated carbocycles. The highest BCUT2D eigenvalue weighted by Gasteiger charge is 2.09. The van der Waals surface area contributed by atoms with Gasteiger partial charge >= 0.3 is 0 Å². The van der Waals surface area contributed by atoms with E-state index in [-0.39, 0.29) is 5.82 Å². The van der Waals surface area contributed by atoms with Crippen molar-refractivity contribution in [2.24, 2.45) is 0 Å². The number of hydrogen-bond donors (Lipinski definition) is 1. The van der Waals surface area contributed by atoms with Crippen molar-refractivity contribution in [3.05, 3.63) is 65.4 Å². The molecule has 0 aliphatic rings. The lowest BCUT2D eigenvalue weighted by molar-refractivity contribution is 0.452. The molecule has 0 fully saturated rings. The summed E-state index contributed by atoms with van der Waals surface area (Å²) in [6.07, 6.45) is 3.23. The van der Waals surface area contributed by atoms with Crippen molar-refractivity contribution in [1.29, 1.82) is 0 Å². The highest BCUT2D eigenvalue weighted by Crippen LogP contribution is 2.24. The Hall–Kier alpha value is -3.09. The number of hydrogen-bond acceptors (Lipinski definition) is 6. The van der Waals surface area contributed by atoms with Gasteiger partial charge in [-0.15, -0.1) is 5.10 Å². The van der Waals surface area contributed by atoms with Gasteiger partial charge in [0.1, 0.15) is 11.6 Å². The maximum Gasteiger partial charge on any atom is 0.243 e. The van der Waals surface area contributed by atoms with Crippen LogP contribution in [-0.4, -0.2) is 20.2 Å². The molecule has 0 bridgehead atoms. The number of benzene rings is 1. The molecule has 0 aliphatic heterocycles. The maximum atomic E-state index is 13.3. The van der Waals surface area contributed by atoms with Gasteiger partial charge in [-0.05, 0) is 31.0 Å². The molecule has 0 unspecified atom stereocenters. The molecule has 2 aromatic heterocycles. The van der Waals surface area contributed by atoms with Crippen LogP contribution < -0.4 is 10.1 Å². The van der Waals surface area contributed by atoms with Crippen LogP contribution in [0.4, 0.5) is 10.3 Å². The van der Waals surface area contributed by atoms with E-state index in [1.54, 1.807) is 18.3 Å². The second kappa shape index (κ2) is 8.33. The lowest BCUT2D eigenvalue weighted by Crippen LogP contribution is -2.10. The standard InChI is InChI=1S/C19H20FN5O/c1-3-16-17(4-2)24-25-19(23-16)22-12-13-7-6-10-21-18(13)26-15-9-5-8-14(20)11-15/h5-11H,3-4,12H2,1-2H3,(H,22,23,25). The molecule has 7 heteroatoms. The molecule has 3 aromatic rings. The van der Waals surface area contributed by atoms with E-state index >= 15 is 0 Å². The van der Waals surface area contributed by atoms with Crippen LogP contribution >= 0.6 is 0 Å². The molecule has 134 valence electrons. The van der Waals surface area contributed by atoms with E-state index in [1.165, 1.54) is 12.1 Å². The number of ether oxygens (including phenoxy) is 1. The third-order valence-electron chi connectivity index (χ3n) is 3.81. The third-order valence-corrected chi connectivity index (χ3v) is 3.81. The number of pyridine rings is 1. The first kappa shape index (κ1) is 17.7. The molecule has 0 atom stereocenters. The molecule has 0 aliphatic carbocycles. The van der Waals surface area contributed by atoms with Crippen molar-refractivity contribution in [1.82, 2.24) is 20.2 Å². The number of aromatic nitrogens is 4. The number of nitrogens with zero attached hydrogens (tertiary/aromatic N) is 4. The molecule has 2 heterocycles. The summed E-state index contributed by atoms with van der Waals surface area (Å²) < 4.78 is 19.0. The molecule has 1 N–H and O–H groups in total. The van der Waals surface area contributed by atoms with E-state index in [2.05, 4.69) is 25.5 Å². The first-order valence-electron chi connectivity index (χ1n) is 8.53. The van der Waals surface area contributed by atoms with Gasteiger partial charge in [0.15, 0.2) is 0 Å². The van der Waals surface area contributed by atoms with Gasteiger partial charge in [-0.1, -0.05) is 26.0 Å². The number of halogens is 1. The van der Waals surface area contributed by atoms with Crippen molar-refractivity contribution < 1.29 is 9.13 Å². The van der Waals surface area contributed by atoms with Gasteiger partial charge in [-0.25, -0.2) is 14.4 Å².